The Morgan fingerprint density at radius 1 is 1.29 bits per heavy atom. The Kier molecular flexibility index (Phi) is 5.00. The van der Waals surface area contributed by atoms with Gasteiger partial charge in [0, 0.05) is 13.1 Å². The van der Waals surface area contributed by atoms with E-state index in [0.29, 0.717) is 13.1 Å². The minimum absolute atomic E-state index is 0.00298. The van der Waals surface area contributed by atoms with Crippen molar-refractivity contribution < 1.29 is 4.79 Å². The van der Waals surface area contributed by atoms with Crippen molar-refractivity contribution in [2.75, 3.05) is 13.1 Å². The Morgan fingerprint density at radius 3 is 2.47 bits per heavy atom. The van der Waals surface area contributed by atoms with Crippen LogP contribution >= 0.6 is 0 Å². The number of carbonyl (C=O) groups is 1. The molecule has 0 saturated heterocycles. The van der Waals surface area contributed by atoms with Gasteiger partial charge in [0.15, 0.2) is 5.96 Å². The number of nitrogens with zero attached hydrogens (tertiary/aromatic N) is 2. The monoisotopic (exact) mass is 234 g/mol. The lowest BCUT2D eigenvalue weighted by molar-refractivity contribution is -0.130. The molecule has 5 heteroatoms. The van der Waals surface area contributed by atoms with Crippen LogP contribution in [0.2, 0.25) is 0 Å². The van der Waals surface area contributed by atoms with Crippen molar-refractivity contribution in [2.45, 2.75) is 13.5 Å². The Morgan fingerprint density at radius 2 is 1.94 bits per heavy atom. The molecule has 0 radical (unpaired) electrons. The summed E-state index contributed by atoms with van der Waals surface area (Å²) < 4.78 is 0. The van der Waals surface area contributed by atoms with E-state index < -0.39 is 0 Å². The van der Waals surface area contributed by atoms with Crippen LogP contribution in [0.5, 0.6) is 0 Å². The average Bonchev–Trinajstić information content (AvgIpc) is 2.34. The van der Waals surface area contributed by atoms with Gasteiger partial charge in [0.25, 0.3) is 0 Å². The fraction of sp³-hybridized carbons (Fsp3) is 0.333. The van der Waals surface area contributed by atoms with Crippen molar-refractivity contribution in [2.24, 2.45) is 16.5 Å². The molecule has 1 aromatic carbocycles. The first-order valence-electron chi connectivity index (χ1n) is 5.50. The van der Waals surface area contributed by atoms with Crippen LogP contribution in [0.1, 0.15) is 12.5 Å². The molecule has 0 spiro atoms. The summed E-state index contributed by atoms with van der Waals surface area (Å²) in [6, 6.07) is 9.81. The number of nitrogens with two attached hydrogens (primary N) is 2. The van der Waals surface area contributed by atoms with Crippen LogP contribution in [-0.2, 0) is 11.3 Å². The van der Waals surface area contributed by atoms with Crippen molar-refractivity contribution in [3.8, 4) is 0 Å². The molecule has 0 fully saturated rings. The molecule has 1 aromatic rings. The third-order valence-electron chi connectivity index (χ3n) is 2.35. The molecule has 1 amide bonds. The third-order valence-corrected chi connectivity index (χ3v) is 2.35. The molecule has 1 rings (SSSR count). The first-order chi connectivity index (χ1) is 8.13. The molecule has 0 saturated carbocycles. The van der Waals surface area contributed by atoms with E-state index in [-0.39, 0.29) is 18.4 Å². The van der Waals surface area contributed by atoms with E-state index in [4.69, 9.17) is 11.5 Å². The van der Waals surface area contributed by atoms with Gasteiger partial charge in [0.1, 0.15) is 6.54 Å². The zero-order valence-electron chi connectivity index (χ0n) is 9.97. The number of amides is 1. The zero-order valence-corrected chi connectivity index (χ0v) is 9.97. The second-order valence-electron chi connectivity index (χ2n) is 3.63. The molecule has 5 nitrogen and oxygen atoms in total. The molecule has 0 aliphatic rings. The normalized spacial score (nSPS) is 9.71. The van der Waals surface area contributed by atoms with Gasteiger partial charge in [-0.05, 0) is 12.5 Å². The summed E-state index contributed by atoms with van der Waals surface area (Å²) in [5.74, 6) is -0.140. The minimum atomic E-state index is -0.0789. The smallest absolute Gasteiger partial charge is 0.244 e. The predicted molar refractivity (Wildman–Crippen MR) is 68.2 cm³/mol. The van der Waals surface area contributed by atoms with Gasteiger partial charge in [-0.1, -0.05) is 30.3 Å². The van der Waals surface area contributed by atoms with Gasteiger partial charge in [-0.2, -0.15) is 0 Å². The molecule has 4 N–H and O–H groups in total. The highest BCUT2D eigenvalue weighted by Crippen LogP contribution is 2.04. The molecule has 0 atom stereocenters. The maximum absolute atomic E-state index is 11.8. The summed E-state index contributed by atoms with van der Waals surface area (Å²) >= 11 is 0. The Hall–Kier alpha value is -2.04. The number of likely N-dealkylation sites (N-methyl/N-ethyl adjacent to an activating group) is 1. The molecular formula is C12H18N4O. The number of rotatable bonds is 5. The van der Waals surface area contributed by atoms with E-state index >= 15 is 0 Å². The summed E-state index contributed by atoms with van der Waals surface area (Å²) in [5.41, 5.74) is 11.5. The Bertz CT molecular complexity index is 385. The predicted octanol–water partition coefficient (Wildman–Crippen LogP) is 0.309. The lowest BCUT2D eigenvalue weighted by Crippen LogP contribution is -2.33. The molecule has 0 unspecified atom stereocenters. The van der Waals surface area contributed by atoms with Crippen molar-refractivity contribution in [3.05, 3.63) is 35.9 Å². The van der Waals surface area contributed by atoms with Gasteiger partial charge in [-0.25, -0.2) is 4.99 Å². The van der Waals surface area contributed by atoms with Crippen LogP contribution in [0.3, 0.4) is 0 Å². The molecule has 0 heterocycles. The van der Waals surface area contributed by atoms with Gasteiger partial charge in [0.2, 0.25) is 5.91 Å². The first kappa shape index (κ1) is 13.0. The maximum Gasteiger partial charge on any atom is 0.244 e. The summed E-state index contributed by atoms with van der Waals surface area (Å²) in [5, 5.41) is 0. The van der Waals surface area contributed by atoms with Crippen LogP contribution in [0.4, 0.5) is 0 Å². The van der Waals surface area contributed by atoms with Gasteiger partial charge in [-0.3, -0.25) is 4.79 Å². The third kappa shape index (κ3) is 4.55. The molecule has 0 aromatic heterocycles. The summed E-state index contributed by atoms with van der Waals surface area (Å²) in [6.07, 6.45) is 0. The minimum Gasteiger partial charge on any atom is -0.370 e. The molecule has 17 heavy (non-hydrogen) atoms. The zero-order chi connectivity index (χ0) is 12.7. The molecule has 0 aliphatic carbocycles. The number of aliphatic imine (C=N–C) groups is 1. The second kappa shape index (κ2) is 6.52. The highest BCUT2D eigenvalue weighted by atomic mass is 16.2. The van der Waals surface area contributed by atoms with Crippen LogP contribution in [0.15, 0.2) is 35.3 Å². The second-order valence-corrected chi connectivity index (χ2v) is 3.63. The fourth-order valence-corrected chi connectivity index (χ4v) is 1.44. The van der Waals surface area contributed by atoms with Gasteiger partial charge < -0.3 is 16.4 Å². The van der Waals surface area contributed by atoms with Crippen LogP contribution in [-0.4, -0.2) is 29.9 Å². The lowest BCUT2D eigenvalue weighted by Gasteiger charge is -2.20. The quantitative estimate of drug-likeness (QED) is 0.568. The average molecular weight is 234 g/mol. The van der Waals surface area contributed by atoms with E-state index in [9.17, 15) is 4.79 Å². The van der Waals surface area contributed by atoms with E-state index in [0.717, 1.165) is 5.56 Å². The van der Waals surface area contributed by atoms with Gasteiger partial charge in [0.05, 0.1) is 0 Å². The molecule has 92 valence electrons. The summed E-state index contributed by atoms with van der Waals surface area (Å²) in [6.45, 7) is 3.14. The van der Waals surface area contributed by atoms with Crippen molar-refractivity contribution in [3.63, 3.8) is 0 Å². The number of guanidine groups is 1. The largest absolute Gasteiger partial charge is 0.370 e. The van der Waals surface area contributed by atoms with Crippen LogP contribution < -0.4 is 11.5 Å². The standard InChI is InChI=1S/C12H18N4O/c1-2-16(11(17)8-15-12(13)14)9-10-6-4-3-5-7-10/h3-7H,2,8-9H2,1H3,(H4,13,14,15). The van der Waals surface area contributed by atoms with E-state index in [1.165, 1.54) is 0 Å². The van der Waals surface area contributed by atoms with Gasteiger partial charge >= 0.3 is 0 Å². The Balaban J connectivity index is 2.60. The van der Waals surface area contributed by atoms with Crippen LogP contribution in [0, 0.1) is 0 Å². The van der Waals surface area contributed by atoms with Crippen molar-refractivity contribution in [1.29, 1.82) is 0 Å². The van der Waals surface area contributed by atoms with Crippen molar-refractivity contribution in [1.82, 2.24) is 4.90 Å². The highest BCUT2D eigenvalue weighted by Gasteiger charge is 2.11. The molecular weight excluding hydrogens is 216 g/mol. The molecule has 0 bridgehead atoms. The first-order valence-corrected chi connectivity index (χ1v) is 5.50. The topological polar surface area (TPSA) is 84.7 Å². The molecule has 0 aliphatic heterocycles. The maximum atomic E-state index is 11.8. The number of hydrogen-bond donors (Lipinski definition) is 2. The van der Waals surface area contributed by atoms with E-state index in [1.54, 1.807) is 4.90 Å². The Labute approximate surface area is 101 Å². The van der Waals surface area contributed by atoms with Crippen LogP contribution in [0.25, 0.3) is 0 Å². The van der Waals surface area contributed by atoms with Gasteiger partial charge in [-0.15, -0.1) is 0 Å². The summed E-state index contributed by atoms with van der Waals surface area (Å²) in [7, 11) is 0. The van der Waals surface area contributed by atoms with E-state index in [2.05, 4.69) is 4.99 Å². The SMILES string of the molecule is CCN(Cc1ccccc1)C(=O)CN=C(N)N. The fourth-order valence-electron chi connectivity index (χ4n) is 1.44. The van der Waals surface area contributed by atoms with Crippen molar-refractivity contribution >= 4 is 11.9 Å². The van der Waals surface area contributed by atoms with E-state index in [1.807, 2.05) is 37.3 Å². The lowest BCUT2D eigenvalue weighted by atomic mass is 10.2. The number of hydrogen-bond acceptors (Lipinski definition) is 2. The number of benzene rings is 1. The summed E-state index contributed by atoms with van der Waals surface area (Å²) in [4.78, 5) is 17.2. The number of carbonyl (C=O) groups excluding carboxylic acids is 1. The highest BCUT2D eigenvalue weighted by molar-refractivity contribution is 5.83.